The first-order chi connectivity index (χ1) is 6.91. The molecule has 5 heteroatoms. The molecule has 1 saturated carbocycles. The van der Waals surface area contributed by atoms with Crippen molar-refractivity contribution in [3.63, 3.8) is 0 Å². The summed E-state index contributed by atoms with van der Waals surface area (Å²) in [7, 11) is -3.06. The summed E-state index contributed by atoms with van der Waals surface area (Å²) in [6.07, 6.45) is 1.22. The number of hydrogen-bond acceptors (Lipinski definition) is 3. The van der Waals surface area contributed by atoms with E-state index in [1.807, 2.05) is 12.1 Å². The standard InChI is InChI=1S/C10H12ClNO2S/c1-15(13,14)10-8(9(10)12)6-3-2-4-7(11)5-6/h2-5,8-10H,12H2,1H3/t8-,9+,10-/m0/s1. The molecular weight excluding hydrogens is 234 g/mol. The highest BCUT2D eigenvalue weighted by atomic mass is 35.5. The van der Waals surface area contributed by atoms with E-state index < -0.39 is 15.1 Å². The molecule has 1 fully saturated rings. The molecule has 0 bridgehead atoms. The minimum Gasteiger partial charge on any atom is -0.326 e. The van der Waals surface area contributed by atoms with E-state index in [9.17, 15) is 8.42 Å². The van der Waals surface area contributed by atoms with E-state index in [0.29, 0.717) is 5.02 Å². The van der Waals surface area contributed by atoms with Gasteiger partial charge in [0.15, 0.2) is 9.84 Å². The SMILES string of the molecule is CS(=O)(=O)[C@@H]1[C@H](N)[C@@H]1c1cccc(Cl)c1. The molecule has 0 spiro atoms. The summed E-state index contributed by atoms with van der Waals surface area (Å²) in [6.45, 7) is 0. The third kappa shape index (κ3) is 2.02. The molecule has 1 aromatic carbocycles. The lowest BCUT2D eigenvalue weighted by atomic mass is 10.1. The van der Waals surface area contributed by atoms with E-state index in [1.54, 1.807) is 12.1 Å². The average Bonchev–Trinajstić information content (AvgIpc) is 2.76. The van der Waals surface area contributed by atoms with Gasteiger partial charge in [-0.1, -0.05) is 23.7 Å². The Balaban J connectivity index is 2.29. The van der Waals surface area contributed by atoms with Crippen LogP contribution in [0.1, 0.15) is 11.5 Å². The van der Waals surface area contributed by atoms with Gasteiger partial charge in [-0.25, -0.2) is 8.42 Å². The Labute approximate surface area is 94.2 Å². The van der Waals surface area contributed by atoms with Gasteiger partial charge in [-0.3, -0.25) is 0 Å². The van der Waals surface area contributed by atoms with Crippen LogP contribution in [0.4, 0.5) is 0 Å². The molecule has 0 radical (unpaired) electrons. The number of sulfone groups is 1. The van der Waals surface area contributed by atoms with E-state index >= 15 is 0 Å². The highest BCUT2D eigenvalue weighted by Crippen LogP contribution is 2.44. The number of nitrogens with two attached hydrogens (primary N) is 1. The van der Waals surface area contributed by atoms with Crippen molar-refractivity contribution in [1.29, 1.82) is 0 Å². The van der Waals surface area contributed by atoms with Gasteiger partial charge in [0.2, 0.25) is 0 Å². The fraction of sp³-hybridized carbons (Fsp3) is 0.400. The van der Waals surface area contributed by atoms with Crippen molar-refractivity contribution in [3.05, 3.63) is 34.9 Å². The third-order valence-electron chi connectivity index (χ3n) is 2.74. The van der Waals surface area contributed by atoms with Gasteiger partial charge in [-0.2, -0.15) is 0 Å². The molecule has 3 nitrogen and oxygen atoms in total. The number of hydrogen-bond donors (Lipinski definition) is 1. The Morgan fingerprint density at radius 2 is 2.07 bits per heavy atom. The molecule has 1 aromatic rings. The van der Waals surface area contributed by atoms with Crippen molar-refractivity contribution >= 4 is 21.4 Å². The third-order valence-corrected chi connectivity index (χ3v) is 4.57. The number of halogens is 1. The summed E-state index contributed by atoms with van der Waals surface area (Å²) in [5.74, 6) is -0.0984. The van der Waals surface area contributed by atoms with Crippen LogP contribution >= 0.6 is 11.6 Å². The summed E-state index contributed by atoms with van der Waals surface area (Å²) in [6, 6.07) is 6.91. The van der Waals surface area contributed by atoms with Crippen LogP contribution in [0, 0.1) is 0 Å². The Morgan fingerprint density at radius 3 is 2.53 bits per heavy atom. The van der Waals surface area contributed by atoms with Crippen LogP contribution < -0.4 is 5.73 Å². The first-order valence-electron chi connectivity index (χ1n) is 4.61. The Bertz CT molecular complexity index is 486. The van der Waals surface area contributed by atoms with Crippen LogP contribution in [-0.4, -0.2) is 26.0 Å². The molecule has 0 saturated heterocycles. The lowest BCUT2D eigenvalue weighted by Gasteiger charge is -1.99. The summed E-state index contributed by atoms with van der Waals surface area (Å²) in [4.78, 5) is 0. The molecule has 0 amide bonds. The second kappa shape index (κ2) is 3.47. The summed E-state index contributed by atoms with van der Waals surface area (Å²) in [5.41, 5.74) is 6.66. The molecule has 0 heterocycles. The van der Waals surface area contributed by atoms with Crippen molar-refractivity contribution in [2.45, 2.75) is 17.2 Å². The van der Waals surface area contributed by atoms with Crippen molar-refractivity contribution in [2.24, 2.45) is 5.73 Å². The zero-order valence-corrected chi connectivity index (χ0v) is 9.79. The van der Waals surface area contributed by atoms with Crippen molar-refractivity contribution in [2.75, 3.05) is 6.26 Å². The van der Waals surface area contributed by atoms with Crippen LogP contribution in [-0.2, 0) is 9.84 Å². The van der Waals surface area contributed by atoms with E-state index in [-0.39, 0.29) is 12.0 Å². The minimum absolute atomic E-state index is 0.0984. The van der Waals surface area contributed by atoms with Gasteiger partial charge in [-0.05, 0) is 17.7 Å². The number of benzene rings is 1. The van der Waals surface area contributed by atoms with Gasteiger partial charge in [0.1, 0.15) is 0 Å². The highest BCUT2D eigenvalue weighted by Gasteiger charge is 2.54. The van der Waals surface area contributed by atoms with E-state index in [4.69, 9.17) is 17.3 Å². The molecule has 2 rings (SSSR count). The zero-order valence-electron chi connectivity index (χ0n) is 8.22. The first kappa shape index (κ1) is 10.9. The van der Waals surface area contributed by atoms with Gasteiger partial charge in [0, 0.05) is 23.2 Å². The van der Waals surface area contributed by atoms with Crippen LogP contribution in [0.25, 0.3) is 0 Å². The molecular formula is C10H12ClNO2S. The molecule has 15 heavy (non-hydrogen) atoms. The first-order valence-corrected chi connectivity index (χ1v) is 6.94. The second-order valence-electron chi connectivity index (χ2n) is 3.95. The maximum absolute atomic E-state index is 11.4. The normalized spacial score (nSPS) is 30.2. The molecule has 1 aliphatic carbocycles. The molecule has 82 valence electrons. The second-order valence-corrected chi connectivity index (χ2v) is 6.59. The fourth-order valence-electron chi connectivity index (χ4n) is 1.98. The topological polar surface area (TPSA) is 60.2 Å². The molecule has 0 aliphatic heterocycles. The van der Waals surface area contributed by atoms with Crippen LogP contribution in [0.2, 0.25) is 5.02 Å². The average molecular weight is 246 g/mol. The van der Waals surface area contributed by atoms with Gasteiger partial charge in [0.25, 0.3) is 0 Å². The van der Waals surface area contributed by atoms with Crippen molar-refractivity contribution < 1.29 is 8.42 Å². The maximum Gasteiger partial charge on any atom is 0.152 e. The lowest BCUT2D eigenvalue weighted by molar-refractivity contribution is 0.599. The van der Waals surface area contributed by atoms with Gasteiger partial charge in [0.05, 0.1) is 5.25 Å². The molecule has 0 unspecified atom stereocenters. The van der Waals surface area contributed by atoms with Crippen molar-refractivity contribution in [1.82, 2.24) is 0 Å². The smallest absolute Gasteiger partial charge is 0.152 e. The van der Waals surface area contributed by atoms with Crippen LogP contribution in [0.15, 0.2) is 24.3 Å². The molecule has 0 aromatic heterocycles. The lowest BCUT2D eigenvalue weighted by Crippen LogP contribution is -2.13. The minimum atomic E-state index is -3.06. The van der Waals surface area contributed by atoms with Crippen LogP contribution in [0.3, 0.4) is 0 Å². The predicted octanol–water partition coefficient (Wildman–Crippen LogP) is 1.18. The summed E-state index contributed by atoms with van der Waals surface area (Å²) < 4.78 is 22.7. The van der Waals surface area contributed by atoms with Gasteiger partial charge < -0.3 is 5.73 Å². The summed E-state index contributed by atoms with van der Waals surface area (Å²) >= 11 is 5.84. The monoisotopic (exact) mass is 245 g/mol. The Kier molecular flexibility index (Phi) is 2.53. The van der Waals surface area contributed by atoms with Gasteiger partial charge >= 0.3 is 0 Å². The molecule has 2 N–H and O–H groups in total. The highest BCUT2D eigenvalue weighted by molar-refractivity contribution is 7.91. The Hall–Kier alpha value is -0.580. The zero-order chi connectivity index (χ0) is 11.2. The molecule has 1 aliphatic rings. The van der Waals surface area contributed by atoms with E-state index in [1.165, 1.54) is 6.26 Å². The summed E-state index contributed by atoms with van der Waals surface area (Å²) in [5, 5.41) is 0.162. The molecule has 3 atom stereocenters. The van der Waals surface area contributed by atoms with Crippen LogP contribution in [0.5, 0.6) is 0 Å². The van der Waals surface area contributed by atoms with E-state index in [2.05, 4.69) is 0 Å². The van der Waals surface area contributed by atoms with Crippen molar-refractivity contribution in [3.8, 4) is 0 Å². The van der Waals surface area contributed by atoms with E-state index in [0.717, 1.165) is 5.56 Å². The Morgan fingerprint density at radius 1 is 1.40 bits per heavy atom. The largest absolute Gasteiger partial charge is 0.326 e. The predicted molar refractivity (Wildman–Crippen MR) is 60.8 cm³/mol. The maximum atomic E-state index is 11.4. The van der Waals surface area contributed by atoms with Gasteiger partial charge in [-0.15, -0.1) is 0 Å². The quantitative estimate of drug-likeness (QED) is 0.851. The fourth-order valence-corrected chi connectivity index (χ4v) is 3.70. The number of rotatable bonds is 2.